The third-order valence-corrected chi connectivity index (χ3v) is 7.87. The van der Waals surface area contributed by atoms with Crippen molar-refractivity contribution < 1.29 is 18.7 Å². The van der Waals surface area contributed by atoms with Gasteiger partial charge < -0.3 is 20.3 Å². The maximum Gasteiger partial charge on any atom is 0.243 e. The summed E-state index contributed by atoms with van der Waals surface area (Å²) < 4.78 is 23.9. The number of ether oxygens (including phenoxy) is 1. The fourth-order valence-electron chi connectivity index (χ4n) is 4.99. The Morgan fingerprint density at radius 2 is 2.00 bits per heavy atom. The van der Waals surface area contributed by atoms with Gasteiger partial charge in [0.2, 0.25) is 5.91 Å². The predicted octanol–water partition coefficient (Wildman–Crippen LogP) is 2.28. The maximum atomic E-state index is 15.4. The van der Waals surface area contributed by atoms with Crippen LogP contribution in [-0.4, -0.2) is 48.8 Å². The van der Waals surface area contributed by atoms with Crippen molar-refractivity contribution in [1.82, 2.24) is 4.72 Å². The standard InChI is InChI=1S/C21H27FN4O3S/c1-21(2,23)10-6-7-25(9-10)16-13(22)8-12-15(18(16)29-3)26(11-4-5-11)20-14(17(12)27)19(28)24-30-20/h8,10-11,14,20H,4-7,9,23H2,1-3H3,(H,24,28)/t10-,14?,20?/m1/s1. The molecule has 1 aromatic carbocycles. The maximum absolute atomic E-state index is 15.4. The molecule has 3 fully saturated rings. The molecule has 0 bridgehead atoms. The Hall–Kier alpha value is -2.00. The SMILES string of the molecule is COc1c(N2CC[C@@H](C(C)(C)N)C2)c(F)cc2c1N(C1CC1)C1SNC(=O)C1C2=O. The third-order valence-electron chi connectivity index (χ3n) is 6.81. The molecule has 1 aromatic rings. The summed E-state index contributed by atoms with van der Waals surface area (Å²) in [4.78, 5) is 29.6. The Balaban J connectivity index is 1.64. The van der Waals surface area contributed by atoms with E-state index in [1.165, 1.54) is 25.1 Å². The van der Waals surface area contributed by atoms with Crippen molar-refractivity contribution in [3.05, 3.63) is 17.4 Å². The summed E-state index contributed by atoms with van der Waals surface area (Å²) in [5.74, 6) is -1.32. The number of methoxy groups -OCH3 is 1. The van der Waals surface area contributed by atoms with Crippen LogP contribution in [0.5, 0.6) is 5.75 Å². The molecule has 3 heterocycles. The molecule has 3 atom stereocenters. The number of benzene rings is 1. The van der Waals surface area contributed by atoms with E-state index in [2.05, 4.69) is 9.62 Å². The first kappa shape index (κ1) is 19.9. The average Bonchev–Trinajstić information content (AvgIpc) is 3.25. The first-order valence-electron chi connectivity index (χ1n) is 10.4. The van der Waals surface area contributed by atoms with Crippen LogP contribution in [-0.2, 0) is 4.79 Å². The smallest absolute Gasteiger partial charge is 0.243 e. The largest absolute Gasteiger partial charge is 0.492 e. The summed E-state index contributed by atoms with van der Waals surface area (Å²) >= 11 is 1.27. The highest BCUT2D eigenvalue weighted by atomic mass is 32.2. The number of rotatable bonds is 4. The molecule has 30 heavy (non-hydrogen) atoms. The van der Waals surface area contributed by atoms with Crippen LogP contribution in [0.15, 0.2) is 6.07 Å². The zero-order valence-electron chi connectivity index (χ0n) is 17.4. The number of carbonyl (C=O) groups is 2. The van der Waals surface area contributed by atoms with Gasteiger partial charge >= 0.3 is 0 Å². The summed E-state index contributed by atoms with van der Waals surface area (Å²) in [5, 5.41) is -0.327. The minimum atomic E-state index is -0.813. The van der Waals surface area contributed by atoms with Crippen LogP contribution in [0.1, 0.15) is 43.5 Å². The molecule has 0 radical (unpaired) electrons. The van der Waals surface area contributed by atoms with Crippen molar-refractivity contribution in [2.45, 2.75) is 50.1 Å². The van der Waals surface area contributed by atoms with E-state index in [9.17, 15) is 9.59 Å². The Kier molecular flexibility index (Phi) is 4.49. The second kappa shape index (κ2) is 6.75. The number of nitrogens with two attached hydrogens (primary N) is 1. The molecule has 162 valence electrons. The van der Waals surface area contributed by atoms with Crippen LogP contribution >= 0.6 is 11.9 Å². The lowest BCUT2D eigenvalue weighted by molar-refractivity contribution is -0.120. The molecule has 5 rings (SSSR count). The van der Waals surface area contributed by atoms with E-state index < -0.39 is 11.7 Å². The van der Waals surface area contributed by atoms with Gasteiger partial charge in [-0.1, -0.05) is 0 Å². The normalized spacial score (nSPS) is 28.5. The molecule has 7 nitrogen and oxygen atoms in total. The number of halogens is 1. The zero-order valence-corrected chi connectivity index (χ0v) is 18.2. The molecule has 9 heteroatoms. The number of nitrogens with zero attached hydrogens (tertiary/aromatic N) is 2. The summed E-state index contributed by atoms with van der Waals surface area (Å²) in [5.41, 5.74) is 7.22. The molecular weight excluding hydrogens is 407 g/mol. The lowest BCUT2D eigenvalue weighted by atomic mass is 9.88. The number of carbonyl (C=O) groups excluding carboxylic acids is 2. The van der Waals surface area contributed by atoms with Crippen molar-refractivity contribution in [1.29, 1.82) is 0 Å². The van der Waals surface area contributed by atoms with E-state index in [0.717, 1.165) is 19.3 Å². The van der Waals surface area contributed by atoms with Crippen LogP contribution in [0, 0.1) is 17.7 Å². The van der Waals surface area contributed by atoms with Gasteiger partial charge in [-0.15, -0.1) is 0 Å². The van der Waals surface area contributed by atoms with Crippen molar-refractivity contribution >= 4 is 35.0 Å². The molecule has 4 aliphatic rings. The van der Waals surface area contributed by atoms with E-state index in [1.807, 2.05) is 18.7 Å². The molecule has 0 spiro atoms. The van der Waals surface area contributed by atoms with Crippen LogP contribution in [0.4, 0.5) is 15.8 Å². The van der Waals surface area contributed by atoms with E-state index in [-0.39, 0.29) is 40.1 Å². The number of hydrogen-bond acceptors (Lipinski definition) is 7. The number of hydrogen-bond donors (Lipinski definition) is 2. The molecule has 1 aliphatic carbocycles. The van der Waals surface area contributed by atoms with Gasteiger partial charge in [-0.3, -0.25) is 14.3 Å². The highest BCUT2D eigenvalue weighted by Gasteiger charge is 2.54. The molecule has 2 unspecified atom stereocenters. The topological polar surface area (TPSA) is 87.9 Å². The summed E-state index contributed by atoms with van der Waals surface area (Å²) in [6.45, 7) is 5.30. The number of fused-ring (bicyclic) bond motifs is 2. The highest BCUT2D eigenvalue weighted by Crippen LogP contribution is 2.54. The first-order chi connectivity index (χ1) is 14.2. The zero-order chi connectivity index (χ0) is 21.4. The second-order valence-corrected chi connectivity index (χ2v) is 10.3. The quantitative estimate of drug-likeness (QED) is 0.555. The van der Waals surface area contributed by atoms with Gasteiger partial charge in [0.25, 0.3) is 0 Å². The van der Waals surface area contributed by atoms with Crippen LogP contribution < -0.4 is 25.0 Å². The van der Waals surface area contributed by atoms with Crippen LogP contribution in [0.25, 0.3) is 0 Å². The fourth-order valence-corrected chi connectivity index (χ4v) is 6.13. The number of anilines is 2. The highest BCUT2D eigenvalue weighted by molar-refractivity contribution is 7.99. The Bertz CT molecular complexity index is 930. The van der Waals surface area contributed by atoms with Gasteiger partial charge in [0, 0.05) is 30.2 Å². The molecule has 2 saturated heterocycles. The monoisotopic (exact) mass is 434 g/mol. The molecule has 1 amide bonds. The average molecular weight is 435 g/mol. The lowest BCUT2D eigenvalue weighted by Gasteiger charge is -2.39. The summed E-state index contributed by atoms with van der Waals surface area (Å²) in [6.07, 6.45) is 2.83. The van der Waals surface area contributed by atoms with E-state index in [1.54, 1.807) is 0 Å². The number of Topliss-reactive ketones (excluding diaryl/α,β-unsaturated/α-hetero) is 1. The minimum Gasteiger partial charge on any atom is -0.492 e. The van der Waals surface area contributed by atoms with Gasteiger partial charge in [0.05, 0.1) is 12.8 Å². The van der Waals surface area contributed by atoms with Crippen molar-refractivity contribution in [2.24, 2.45) is 17.6 Å². The van der Waals surface area contributed by atoms with Crippen molar-refractivity contribution in [3.8, 4) is 5.75 Å². The molecule has 3 aliphatic heterocycles. The van der Waals surface area contributed by atoms with Crippen molar-refractivity contribution in [2.75, 3.05) is 30.0 Å². The van der Waals surface area contributed by atoms with Gasteiger partial charge in [-0.2, -0.15) is 0 Å². The molecule has 1 saturated carbocycles. The minimum absolute atomic E-state index is 0.228. The third kappa shape index (κ3) is 2.89. The number of ketones is 1. The van der Waals surface area contributed by atoms with E-state index in [0.29, 0.717) is 30.2 Å². The number of nitrogens with one attached hydrogen (secondary N) is 1. The number of amides is 1. The first-order valence-corrected chi connectivity index (χ1v) is 11.3. The van der Waals surface area contributed by atoms with Crippen LogP contribution in [0.2, 0.25) is 0 Å². The Labute approximate surface area is 179 Å². The van der Waals surface area contributed by atoms with Gasteiger partial charge in [-0.25, -0.2) is 4.39 Å². The lowest BCUT2D eigenvalue weighted by Crippen LogP contribution is -2.48. The van der Waals surface area contributed by atoms with Crippen molar-refractivity contribution in [3.63, 3.8) is 0 Å². The second-order valence-electron chi connectivity index (χ2n) is 9.34. The Morgan fingerprint density at radius 1 is 1.27 bits per heavy atom. The molecule has 3 N–H and O–H groups in total. The van der Waals surface area contributed by atoms with Crippen LogP contribution in [0.3, 0.4) is 0 Å². The molecular formula is C21H27FN4O3S. The van der Waals surface area contributed by atoms with E-state index >= 15 is 4.39 Å². The molecule has 0 aromatic heterocycles. The van der Waals surface area contributed by atoms with Gasteiger partial charge in [0.15, 0.2) is 17.3 Å². The van der Waals surface area contributed by atoms with Gasteiger partial charge in [-0.05, 0) is 57.0 Å². The fraction of sp³-hybridized carbons (Fsp3) is 0.619. The summed E-state index contributed by atoms with van der Waals surface area (Å²) in [7, 11) is 1.52. The van der Waals surface area contributed by atoms with Gasteiger partial charge in [0.1, 0.15) is 17.0 Å². The Morgan fingerprint density at radius 3 is 2.60 bits per heavy atom. The van der Waals surface area contributed by atoms with E-state index in [4.69, 9.17) is 10.5 Å². The predicted molar refractivity (Wildman–Crippen MR) is 114 cm³/mol. The summed E-state index contributed by atoms with van der Waals surface area (Å²) in [6, 6.07) is 1.53.